The summed E-state index contributed by atoms with van der Waals surface area (Å²) in [4.78, 5) is 29.7. The molecule has 1 aliphatic carbocycles. The molecule has 1 amide bonds. The number of esters is 1. The highest BCUT2D eigenvalue weighted by molar-refractivity contribution is 6.07. The first-order valence-electron chi connectivity index (χ1n) is 10.6. The van der Waals surface area contributed by atoms with E-state index in [1.165, 1.54) is 0 Å². The monoisotopic (exact) mass is 430 g/mol. The largest absolute Gasteiger partial charge is 0.454 e. The standard InChI is InChI=1S/C25H22N2O5/c1-2-26-22(28)13-30-25(29)23-17-5-3-4-6-19(17)27-24-16(8-9-18(23)24)11-15-7-10-20-21(12-15)32-14-31-20/h3-7,10-12H,2,8-9,13-14H2,1H3,(H,26,28)/b16-11-. The van der Waals surface area contributed by atoms with E-state index in [1.807, 2.05) is 49.4 Å². The van der Waals surface area contributed by atoms with E-state index >= 15 is 0 Å². The molecular weight excluding hydrogens is 408 g/mol. The van der Waals surface area contributed by atoms with Crippen LogP contribution in [-0.2, 0) is 16.0 Å². The molecule has 0 fully saturated rings. The van der Waals surface area contributed by atoms with Crippen LogP contribution in [0.3, 0.4) is 0 Å². The number of allylic oxidation sites excluding steroid dienone is 1. The van der Waals surface area contributed by atoms with Gasteiger partial charge in [-0.3, -0.25) is 4.79 Å². The summed E-state index contributed by atoms with van der Waals surface area (Å²) in [5.74, 6) is 0.633. The molecule has 0 saturated carbocycles. The van der Waals surface area contributed by atoms with Gasteiger partial charge < -0.3 is 19.5 Å². The number of carbonyl (C=O) groups is 2. The van der Waals surface area contributed by atoms with Crippen molar-refractivity contribution in [3.05, 3.63) is 64.8 Å². The number of aromatic nitrogens is 1. The van der Waals surface area contributed by atoms with Gasteiger partial charge in [0.1, 0.15) is 0 Å². The molecule has 2 aliphatic rings. The lowest BCUT2D eigenvalue weighted by atomic mass is 10.0. The maximum atomic E-state index is 13.0. The van der Waals surface area contributed by atoms with Gasteiger partial charge in [-0.2, -0.15) is 0 Å². The quantitative estimate of drug-likeness (QED) is 0.621. The predicted molar refractivity (Wildman–Crippen MR) is 119 cm³/mol. The van der Waals surface area contributed by atoms with Crippen LogP contribution in [0, 0.1) is 0 Å². The number of amides is 1. The van der Waals surface area contributed by atoms with Crippen LogP contribution in [0.4, 0.5) is 0 Å². The number of hydrogen-bond acceptors (Lipinski definition) is 6. The van der Waals surface area contributed by atoms with E-state index in [0.29, 0.717) is 18.5 Å². The summed E-state index contributed by atoms with van der Waals surface area (Å²) in [6.07, 6.45) is 3.50. The zero-order chi connectivity index (χ0) is 22.1. The van der Waals surface area contributed by atoms with E-state index in [4.69, 9.17) is 19.2 Å². The van der Waals surface area contributed by atoms with Gasteiger partial charge in [-0.05, 0) is 60.7 Å². The summed E-state index contributed by atoms with van der Waals surface area (Å²) in [7, 11) is 0. The van der Waals surface area contributed by atoms with Gasteiger partial charge in [0.2, 0.25) is 6.79 Å². The molecule has 0 bridgehead atoms. The van der Waals surface area contributed by atoms with E-state index in [-0.39, 0.29) is 19.3 Å². The zero-order valence-corrected chi connectivity index (χ0v) is 17.6. The van der Waals surface area contributed by atoms with E-state index in [9.17, 15) is 9.59 Å². The second-order valence-electron chi connectivity index (χ2n) is 7.64. The van der Waals surface area contributed by atoms with Crippen molar-refractivity contribution in [1.29, 1.82) is 0 Å². The molecule has 1 aliphatic heterocycles. The number of benzene rings is 2. The lowest BCUT2D eigenvalue weighted by Gasteiger charge is -2.12. The highest BCUT2D eigenvalue weighted by Crippen LogP contribution is 2.39. The number of nitrogens with one attached hydrogen (secondary N) is 1. The summed E-state index contributed by atoms with van der Waals surface area (Å²) in [5.41, 5.74) is 4.89. The minimum Gasteiger partial charge on any atom is -0.454 e. The van der Waals surface area contributed by atoms with Crippen LogP contribution in [-0.4, -0.2) is 36.8 Å². The number of rotatable bonds is 5. The first-order chi connectivity index (χ1) is 15.6. The summed E-state index contributed by atoms with van der Waals surface area (Å²) in [6, 6.07) is 13.3. The normalized spacial score (nSPS) is 15.1. The summed E-state index contributed by atoms with van der Waals surface area (Å²) in [5, 5.41) is 3.37. The number of nitrogens with zero attached hydrogens (tertiary/aromatic N) is 1. The lowest BCUT2D eigenvalue weighted by Crippen LogP contribution is -2.28. The molecule has 1 aromatic heterocycles. The molecule has 5 rings (SSSR count). The molecule has 1 N–H and O–H groups in total. The molecule has 0 spiro atoms. The fraction of sp³-hybridized carbons (Fsp3) is 0.240. The highest BCUT2D eigenvalue weighted by Gasteiger charge is 2.28. The molecule has 0 atom stereocenters. The third kappa shape index (κ3) is 3.66. The van der Waals surface area contributed by atoms with Crippen LogP contribution >= 0.6 is 0 Å². The number of ether oxygens (including phenoxy) is 3. The molecule has 0 saturated heterocycles. The predicted octanol–water partition coefficient (Wildman–Crippen LogP) is 3.74. The van der Waals surface area contributed by atoms with Gasteiger partial charge >= 0.3 is 5.97 Å². The first-order valence-corrected chi connectivity index (χ1v) is 10.6. The van der Waals surface area contributed by atoms with Crippen LogP contribution in [0.2, 0.25) is 0 Å². The van der Waals surface area contributed by atoms with Crippen molar-refractivity contribution in [1.82, 2.24) is 10.3 Å². The van der Waals surface area contributed by atoms with Gasteiger partial charge in [0.05, 0.1) is 16.8 Å². The molecule has 3 aromatic rings. The van der Waals surface area contributed by atoms with Crippen molar-refractivity contribution >= 4 is 34.4 Å². The van der Waals surface area contributed by atoms with Gasteiger partial charge in [0, 0.05) is 11.9 Å². The second kappa shape index (κ2) is 8.34. The maximum absolute atomic E-state index is 13.0. The third-order valence-corrected chi connectivity index (χ3v) is 5.59. The van der Waals surface area contributed by atoms with Gasteiger partial charge in [-0.1, -0.05) is 24.3 Å². The Morgan fingerprint density at radius 3 is 2.84 bits per heavy atom. The first kappa shape index (κ1) is 20.1. The zero-order valence-electron chi connectivity index (χ0n) is 17.6. The van der Waals surface area contributed by atoms with Crippen LogP contribution in [0.15, 0.2) is 42.5 Å². The van der Waals surface area contributed by atoms with E-state index in [0.717, 1.165) is 51.2 Å². The van der Waals surface area contributed by atoms with Crippen molar-refractivity contribution in [2.24, 2.45) is 0 Å². The molecule has 7 nitrogen and oxygen atoms in total. The Hall–Kier alpha value is -3.87. The molecule has 2 heterocycles. The van der Waals surface area contributed by atoms with Crippen molar-refractivity contribution in [2.45, 2.75) is 19.8 Å². The SMILES string of the molecule is CCNC(=O)COC(=O)c1c2c(nc3ccccc13)/C(=C\c1ccc3c(c1)OCO3)CC2. The number of carbonyl (C=O) groups excluding carboxylic acids is 2. The summed E-state index contributed by atoms with van der Waals surface area (Å²) >= 11 is 0. The number of para-hydroxylation sites is 1. The van der Waals surface area contributed by atoms with E-state index < -0.39 is 5.97 Å². The summed E-state index contributed by atoms with van der Waals surface area (Å²) < 4.78 is 16.2. The van der Waals surface area contributed by atoms with Crippen molar-refractivity contribution in [3.8, 4) is 11.5 Å². The minimum absolute atomic E-state index is 0.230. The van der Waals surface area contributed by atoms with Crippen molar-refractivity contribution in [3.63, 3.8) is 0 Å². The Balaban J connectivity index is 1.54. The Labute approximate surface area is 185 Å². The smallest absolute Gasteiger partial charge is 0.339 e. The van der Waals surface area contributed by atoms with Crippen LogP contribution < -0.4 is 14.8 Å². The minimum atomic E-state index is -0.504. The molecule has 7 heteroatoms. The topological polar surface area (TPSA) is 86.8 Å². The van der Waals surface area contributed by atoms with Crippen LogP contribution in [0.1, 0.15) is 40.5 Å². The second-order valence-corrected chi connectivity index (χ2v) is 7.64. The van der Waals surface area contributed by atoms with Crippen molar-refractivity contribution < 1.29 is 23.8 Å². The van der Waals surface area contributed by atoms with E-state index in [1.54, 1.807) is 0 Å². The molecule has 0 radical (unpaired) electrons. The lowest BCUT2D eigenvalue weighted by molar-refractivity contribution is -0.124. The average molecular weight is 430 g/mol. The van der Waals surface area contributed by atoms with E-state index in [2.05, 4.69) is 11.4 Å². The fourth-order valence-electron chi connectivity index (χ4n) is 4.17. The van der Waals surface area contributed by atoms with Crippen LogP contribution in [0.5, 0.6) is 11.5 Å². The van der Waals surface area contributed by atoms with Gasteiger partial charge in [0.25, 0.3) is 5.91 Å². The molecule has 32 heavy (non-hydrogen) atoms. The van der Waals surface area contributed by atoms with Crippen molar-refractivity contribution in [2.75, 3.05) is 19.9 Å². The highest BCUT2D eigenvalue weighted by atomic mass is 16.7. The molecule has 162 valence electrons. The number of hydrogen-bond donors (Lipinski definition) is 1. The molecule has 0 unspecified atom stereocenters. The number of fused-ring (bicyclic) bond motifs is 3. The number of likely N-dealkylation sites (N-methyl/N-ethyl adjacent to an activating group) is 1. The molecular formula is C25H22N2O5. The Bertz CT molecular complexity index is 1260. The molecule has 2 aromatic carbocycles. The Morgan fingerprint density at radius 2 is 1.97 bits per heavy atom. The van der Waals surface area contributed by atoms with Gasteiger partial charge in [-0.25, -0.2) is 9.78 Å². The average Bonchev–Trinajstić information content (AvgIpc) is 3.43. The fourth-order valence-corrected chi connectivity index (χ4v) is 4.17. The number of pyridine rings is 1. The third-order valence-electron chi connectivity index (χ3n) is 5.59. The Morgan fingerprint density at radius 1 is 1.12 bits per heavy atom. The maximum Gasteiger partial charge on any atom is 0.339 e. The van der Waals surface area contributed by atoms with Gasteiger partial charge in [-0.15, -0.1) is 0 Å². The van der Waals surface area contributed by atoms with Crippen LogP contribution in [0.25, 0.3) is 22.6 Å². The van der Waals surface area contributed by atoms with Gasteiger partial charge in [0.15, 0.2) is 18.1 Å². The summed E-state index contributed by atoms with van der Waals surface area (Å²) in [6.45, 7) is 2.22. The Kier molecular flexibility index (Phi) is 5.23.